The van der Waals surface area contributed by atoms with Crippen LogP contribution in [0.5, 0.6) is 0 Å². The monoisotopic (exact) mass is 521 g/mol. The highest BCUT2D eigenvalue weighted by atomic mass is 19.1. The Bertz CT molecular complexity index is 1780. The molecule has 198 valence electrons. The topological polar surface area (TPSA) is 75.1 Å². The molecule has 0 aliphatic rings. The highest BCUT2D eigenvalue weighted by Crippen LogP contribution is 2.30. The number of rotatable bonds is 5. The van der Waals surface area contributed by atoms with Gasteiger partial charge in [-0.25, -0.2) is 14.4 Å². The van der Waals surface area contributed by atoms with Gasteiger partial charge in [0.05, 0.1) is 11.0 Å². The van der Waals surface area contributed by atoms with Gasteiger partial charge in [-0.15, -0.1) is 0 Å². The van der Waals surface area contributed by atoms with E-state index in [1.807, 2.05) is 59.9 Å². The number of amides is 1. The Kier molecular flexibility index (Phi) is 6.51. The number of hydrogen-bond donors (Lipinski definition) is 2. The number of nitrogens with zero attached hydrogens (tertiary/aromatic N) is 3. The third-order valence-electron chi connectivity index (χ3n) is 7.13. The van der Waals surface area contributed by atoms with Gasteiger partial charge in [-0.1, -0.05) is 43.0 Å². The van der Waals surface area contributed by atoms with Crippen LogP contribution in [0.4, 0.5) is 10.3 Å². The molecule has 39 heavy (non-hydrogen) atoms. The van der Waals surface area contributed by atoms with Crippen molar-refractivity contribution in [3.05, 3.63) is 83.3 Å². The maximum absolute atomic E-state index is 14.5. The van der Waals surface area contributed by atoms with Gasteiger partial charge in [0.15, 0.2) is 0 Å². The number of H-pyrrole nitrogens is 1. The number of aryl methyl sites for hydroxylation is 1. The lowest BCUT2D eigenvalue weighted by Crippen LogP contribution is -2.13. The number of benzene rings is 2. The molecule has 0 saturated heterocycles. The molecule has 3 heterocycles. The van der Waals surface area contributed by atoms with Crippen molar-refractivity contribution in [3.63, 3.8) is 0 Å². The van der Waals surface area contributed by atoms with E-state index in [0.29, 0.717) is 22.7 Å². The predicted octanol–water partition coefficient (Wildman–Crippen LogP) is 7.43. The first-order chi connectivity index (χ1) is 18.4. The summed E-state index contributed by atoms with van der Waals surface area (Å²) in [6.45, 7) is 11.4. The van der Waals surface area contributed by atoms with Gasteiger partial charge in [0.1, 0.15) is 17.0 Å². The van der Waals surface area contributed by atoms with Crippen molar-refractivity contribution >= 4 is 28.5 Å². The molecule has 3 aromatic heterocycles. The highest BCUT2D eigenvalue weighted by Gasteiger charge is 2.19. The van der Waals surface area contributed by atoms with Crippen LogP contribution >= 0.6 is 0 Å². The Balaban J connectivity index is 1.39. The average Bonchev–Trinajstić information content (AvgIpc) is 3.52. The van der Waals surface area contributed by atoms with Crippen LogP contribution in [0.25, 0.3) is 27.8 Å². The lowest BCUT2D eigenvalue weighted by molar-refractivity contribution is 0.102. The molecule has 2 N–H and O–H groups in total. The maximum Gasteiger partial charge on any atom is 0.278 e. The van der Waals surface area contributed by atoms with Crippen LogP contribution in [0.15, 0.2) is 60.8 Å². The highest BCUT2D eigenvalue weighted by molar-refractivity contribution is 6.03. The molecule has 0 aliphatic carbocycles. The van der Waals surface area contributed by atoms with Crippen molar-refractivity contribution in [1.29, 1.82) is 0 Å². The molecule has 0 fully saturated rings. The van der Waals surface area contributed by atoms with Gasteiger partial charge >= 0.3 is 0 Å². The van der Waals surface area contributed by atoms with E-state index in [2.05, 4.69) is 52.9 Å². The number of nitrogens with one attached hydrogen (secondary N) is 2. The van der Waals surface area contributed by atoms with Crippen LogP contribution in [0.1, 0.15) is 68.3 Å². The third-order valence-corrected chi connectivity index (χ3v) is 7.13. The fraction of sp³-hybridized carbons (Fsp3) is 0.281. The fourth-order valence-electron chi connectivity index (χ4n) is 4.24. The lowest BCUT2D eigenvalue weighted by Gasteiger charge is -2.15. The fourth-order valence-corrected chi connectivity index (χ4v) is 4.24. The van der Waals surface area contributed by atoms with Crippen molar-refractivity contribution < 1.29 is 9.18 Å². The molecule has 0 spiro atoms. The van der Waals surface area contributed by atoms with Crippen LogP contribution in [0.3, 0.4) is 0 Å². The summed E-state index contributed by atoms with van der Waals surface area (Å²) in [5.74, 6) is 6.58. The minimum Gasteiger partial charge on any atom is -0.324 e. The molecule has 0 aliphatic heterocycles. The molecule has 1 amide bonds. The first-order valence-corrected chi connectivity index (χ1v) is 13.1. The molecule has 0 radical (unpaired) electrons. The molecule has 0 atom stereocenters. The van der Waals surface area contributed by atoms with E-state index in [4.69, 9.17) is 0 Å². The Hall–Kier alpha value is -4.44. The summed E-state index contributed by atoms with van der Waals surface area (Å²) in [6.07, 6.45) is 2.68. The number of aromatic amines is 1. The van der Waals surface area contributed by atoms with E-state index >= 15 is 0 Å². The zero-order valence-electron chi connectivity index (χ0n) is 23.1. The molecular formula is C32H32FN5O. The first-order valence-electron chi connectivity index (χ1n) is 13.1. The summed E-state index contributed by atoms with van der Waals surface area (Å²) in [7, 11) is 0. The summed E-state index contributed by atoms with van der Waals surface area (Å²) in [4.78, 5) is 25.2. The Morgan fingerprint density at radius 3 is 2.56 bits per heavy atom. The summed E-state index contributed by atoms with van der Waals surface area (Å²) < 4.78 is 16.4. The van der Waals surface area contributed by atoms with Crippen molar-refractivity contribution in [1.82, 2.24) is 19.4 Å². The number of pyridine rings is 1. The number of hydrogen-bond acceptors (Lipinski definition) is 3. The molecule has 2 aromatic carbocycles. The predicted molar refractivity (Wildman–Crippen MR) is 154 cm³/mol. The van der Waals surface area contributed by atoms with Crippen LogP contribution in [0, 0.1) is 24.2 Å². The van der Waals surface area contributed by atoms with Gasteiger partial charge in [0.25, 0.3) is 5.91 Å². The smallest absolute Gasteiger partial charge is 0.278 e. The normalized spacial score (nSPS) is 12.0. The Morgan fingerprint density at radius 2 is 1.82 bits per heavy atom. The van der Waals surface area contributed by atoms with Crippen LogP contribution in [0.2, 0.25) is 0 Å². The molecule has 5 rings (SSSR count). The number of halogens is 1. The van der Waals surface area contributed by atoms with Gasteiger partial charge in [-0.05, 0) is 88.1 Å². The zero-order valence-corrected chi connectivity index (χ0v) is 23.1. The van der Waals surface area contributed by atoms with Gasteiger partial charge in [-0.3, -0.25) is 10.1 Å². The van der Waals surface area contributed by atoms with Crippen molar-refractivity contribution in [2.24, 2.45) is 5.41 Å². The van der Waals surface area contributed by atoms with Crippen molar-refractivity contribution in [2.75, 3.05) is 5.32 Å². The standard InChI is InChI=1S/C32H32FN5O/c1-7-31(3,4)16-15-21-12-14-28-34-27(19-38(28)20(21)2)29(39)37-30-35-25-13-11-23(18-26(25)36-30)22-9-8-10-24(17-22)32(5,6)33/h8-14,17-19H,7H2,1-6H3,(H2,35,36,37,39). The zero-order chi connectivity index (χ0) is 27.9. The second kappa shape index (κ2) is 9.70. The number of aromatic nitrogens is 4. The number of carbonyl (C=O) groups is 1. The van der Waals surface area contributed by atoms with E-state index < -0.39 is 5.67 Å². The molecule has 0 saturated carbocycles. The molecule has 7 heteroatoms. The van der Waals surface area contributed by atoms with E-state index in [0.717, 1.165) is 34.3 Å². The van der Waals surface area contributed by atoms with Gasteiger partial charge in [0.2, 0.25) is 5.95 Å². The van der Waals surface area contributed by atoms with Gasteiger partial charge < -0.3 is 9.38 Å². The molecule has 5 aromatic rings. The second-order valence-corrected chi connectivity index (χ2v) is 11.0. The minimum atomic E-state index is -1.43. The van der Waals surface area contributed by atoms with E-state index in [9.17, 15) is 9.18 Å². The lowest BCUT2D eigenvalue weighted by atomic mass is 9.91. The molecule has 0 bridgehead atoms. The third kappa shape index (κ3) is 5.42. The van der Waals surface area contributed by atoms with Crippen LogP contribution in [-0.2, 0) is 5.67 Å². The van der Waals surface area contributed by atoms with Crippen LogP contribution in [-0.4, -0.2) is 25.3 Å². The summed E-state index contributed by atoms with van der Waals surface area (Å²) in [5.41, 5.74) is 5.20. The number of alkyl halides is 1. The maximum atomic E-state index is 14.5. The Morgan fingerprint density at radius 1 is 1.05 bits per heavy atom. The number of carbonyl (C=O) groups excluding carboxylic acids is 1. The van der Waals surface area contributed by atoms with E-state index in [-0.39, 0.29) is 17.0 Å². The summed E-state index contributed by atoms with van der Waals surface area (Å²) >= 11 is 0. The quantitative estimate of drug-likeness (QED) is 0.236. The minimum absolute atomic E-state index is 0.0654. The molecular weight excluding hydrogens is 489 g/mol. The van der Waals surface area contributed by atoms with Gasteiger partial charge in [0, 0.05) is 22.9 Å². The summed E-state index contributed by atoms with van der Waals surface area (Å²) in [6, 6.07) is 17.0. The second-order valence-electron chi connectivity index (χ2n) is 11.0. The number of fused-ring (bicyclic) bond motifs is 2. The molecule has 6 nitrogen and oxygen atoms in total. The SMILES string of the molecule is CCC(C)(C)C#Cc1ccc2nc(C(=O)Nc3nc4ccc(-c5cccc(C(C)(C)F)c5)cc4[nH]3)cn2c1C. The molecule has 0 unspecified atom stereocenters. The number of imidazole rings is 2. The first kappa shape index (κ1) is 26.2. The van der Waals surface area contributed by atoms with Crippen molar-refractivity contribution in [2.45, 2.75) is 53.6 Å². The average molecular weight is 522 g/mol. The Labute approximate surface area is 227 Å². The summed E-state index contributed by atoms with van der Waals surface area (Å²) in [5, 5.41) is 2.82. The van der Waals surface area contributed by atoms with Crippen LogP contribution < -0.4 is 5.32 Å². The number of anilines is 1. The van der Waals surface area contributed by atoms with E-state index in [1.54, 1.807) is 26.1 Å². The largest absolute Gasteiger partial charge is 0.324 e. The van der Waals surface area contributed by atoms with Crippen molar-refractivity contribution in [3.8, 4) is 23.0 Å². The van der Waals surface area contributed by atoms with E-state index in [1.165, 1.54) is 0 Å². The van der Waals surface area contributed by atoms with Gasteiger partial charge in [-0.2, -0.15) is 0 Å².